The van der Waals surface area contributed by atoms with Gasteiger partial charge in [0.05, 0.1) is 6.67 Å². The molecule has 0 radical (unpaired) electrons. The van der Waals surface area contributed by atoms with Gasteiger partial charge in [0.25, 0.3) is 0 Å². The van der Waals surface area contributed by atoms with Crippen molar-refractivity contribution in [3.63, 3.8) is 0 Å². The minimum Gasteiger partial charge on any atom is -0.460 e. The van der Waals surface area contributed by atoms with Crippen LogP contribution in [0.2, 0.25) is 0 Å². The number of hydrogen-bond donors (Lipinski definition) is 1. The number of alkyl halides is 1. The van der Waals surface area contributed by atoms with Crippen molar-refractivity contribution >= 4 is 5.97 Å². The summed E-state index contributed by atoms with van der Waals surface area (Å²) in [5.74, 6) is -0.339. The minimum absolute atomic E-state index is 0.0516. The van der Waals surface area contributed by atoms with Crippen LogP contribution in [-0.2, 0) is 16.1 Å². The molecule has 0 unspecified atom stereocenters. The zero-order chi connectivity index (χ0) is 12.1. The summed E-state index contributed by atoms with van der Waals surface area (Å²) in [5.41, 5.74) is 0.959. The molecule has 1 fully saturated rings. The first-order valence-corrected chi connectivity index (χ1v) is 5.79. The van der Waals surface area contributed by atoms with Crippen LogP contribution in [0.15, 0.2) is 30.3 Å². The Kier molecular flexibility index (Phi) is 4.09. The lowest BCUT2D eigenvalue weighted by atomic mass is 10.1. The monoisotopic (exact) mass is 237 g/mol. The summed E-state index contributed by atoms with van der Waals surface area (Å²) in [7, 11) is 0. The van der Waals surface area contributed by atoms with Crippen LogP contribution in [0.1, 0.15) is 12.0 Å². The first-order chi connectivity index (χ1) is 8.29. The number of esters is 1. The maximum absolute atomic E-state index is 12.4. The van der Waals surface area contributed by atoms with E-state index in [0.29, 0.717) is 13.0 Å². The van der Waals surface area contributed by atoms with E-state index in [0.717, 1.165) is 5.56 Å². The second kappa shape index (κ2) is 5.77. The number of halogens is 1. The minimum atomic E-state index is -0.379. The Hall–Kier alpha value is -1.42. The van der Waals surface area contributed by atoms with Crippen molar-refractivity contribution in [3.8, 4) is 0 Å². The molecule has 1 heterocycles. The molecule has 1 saturated heterocycles. The number of benzene rings is 1. The molecular weight excluding hydrogens is 221 g/mol. The van der Waals surface area contributed by atoms with Gasteiger partial charge in [0.15, 0.2) is 0 Å². The van der Waals surface area contributed by atoms with Gasteiger partial charge in [0, 0.05) is 12.5 Å². The van der Waals surface area contributed by atoms with E-state index in [1.807, 2.05) is 30.3 Å². The van der Waals surface area contributed by atoms with E-state index in [1.54, 1.807) is 0 Å². The molecule has 1 aromatic carbocycles. The molecule has 1 aliphatic heterocycles. The van der Waals surface area contributed by atoms with Gasteiger partial charge in [-0.3, -0.25) is 9.18 Å². The molecule has 0 aliphatic carbocycles. The highest BCUT2D eigenvalue weighted by molar-refractivity contribution is 5.76. The molecule has 1 aliphatic rings. The molecule has 0 amide bonds. The molecule has 0 aromatic heterocycles. The van der Waals surface area contributed by atoms with E-state index in [9.17, 15) is 9.18 Å². The van der Waals surface area contributed by atoms with Crippen LogP contribution < -0.4 is 5.32 Å². The Labute approximate surface area is 100.0 Å². The van der Waals surface area contributed by atoms with Gasteiger partial charge in [0.1, 0.15) is 12.6 Å². The van der Waals surface area contributed by atoms with Crippen molar-refractivity contribution in [1.29, 1.82) is 0 Å². The molecule has 4 heteroatoms. The van der Waals surface area contributed by atoms with E-state index in [2.05, 4.69) is 5.32 Å². The third-order valence-electron chi connectivity index (χ3n) is 2.95. The van der Waals surface area contributed by atoms with E-state index in [4.69, 9.17) is 4.74 Å². The molecular formula is C13H16FNO2. The first-order valence-electron chi connectivity index (χ1n) is 5.79. The summed E-state index contributed by atoms with van der Waals surface area (Å²) in [6, 6.07) is 9.17. The lowest BCUT2D eigenvalue weighted by Gasteiger charge is -2.10. The van der Waals surface area contributed by atoms with Crippen LogP contribution in [0.4, 0.5) is 4.39 Å². The predicted molar refractivity (Wildman–Crippen MR) is 62.1 cm³/mol. The summed E-state index contributed by atoms with van der Waals surface area (Å²) in [6.45, 7) is 0.454. The third kappa shape index (κ3) is 3.27. The number of hydrogen-bond acceptors (Lipinski definition) is 3. The zero-order valence-corrected chi connectivity index (χ0v) is 9.56. The second-order valence-corrected chi connectivity index (χ2v) is 4.31. The van der Waals surface area contributed by atoms with Crippen molar-refractivity contribution in [1.82, 2.24) is 5.32 Å². The highest BCUT2D eigenvalue weighted by Gasteiger charge is 2.30. The van der Waals surface area contributed by atoms with Crippen LogP contribution in [0.25, 0.3) is 0 Å². The topological polar surface area (TPSA) is 38.3 Å². The largest absolute Gasteiger partial charge is 0.460 e. The van der Waals surface area contributed by atoms with Crippen LogP contribution in [0, 0.1) is 5.92 Å². The summed E-state index contributed by atoms with van der Waals surface area (Å²) in [4.78, 5) is 11.7. The predicted octanol–water partition coefficient (Wildman–Crippen LogP) is 1.68. The molecule has 3 nitrogen and oxygen atoms in total. The van der Waals surface area contributed by atoms with E-state index in [-0.39, 0.29) is 31.2 Å². The van der Waals surface area contributed by atoms with Crippen LogP contribution in [0.3, 0.4) is 0 Å². The fourth-order valence-corrected chi connectivity index (χ4v) is 1.94. The molecule has 2 rings (SSSR count). The standard InChI is InChI=1S/C13H16FNO2/c14-7-11-6-12(15-8-11)13(16)17-9-10-4-2-1-3-5-10/h1-5,11-12,15H,6-9H2/t11-,12+/m1/s1. The Morgan fingerprint density at radius 2 is 2.18 bits per heavy atom. The van der Waals surface area contributed by atoms with E-state index in [1.165, 1.54) is 0 Å². The molecule has 2 atom stereocenters. The highest BCUT2D eigenvalue weighted by atomic mass is 19.1. The van der Waals surface area contributed by atoms with Gasteiger partial charge in [0.2, 0.25) is 0 Å². The number of carbonyl (C=O) groups is 1. The zero-order valence-electron chi connectivity index (χ0n) is 9.56. The maximum Gasteiger partial charge on any atom is 0.323 e. The van der Waals surface area contributed by atoms with Crippen molar-refractivity contribution in [2.75, 3.05) is 13.2 Å². The Bertz CT molecular complexity index is 369. The molecule has 17 heavy (non-hydrogen) atoms. The first kappa shape index (κ1) is 12.0. The van der Waals surface area contributed by atoms with Crippen LogP contribution >= 0.6 is 0 Å². The summed E-state index contributed by atoms with van der Waals surface area (Å²) < 4.78 is 17.6. The van der Waals surface area contributed by atoms with Gasteiger partial charge in [-0.1, -0.05) is 30.3 Å². The highest BCUT2D eigenvalue weighted by Crippen LogP contribution is 2.15. The Morgan fingerprint density at radius 1 is 1.41 bits per heavy atom. The average molecular weight is 237 g/mol. The molecule has 0 spiro atoms. The normalized spacial score (nSPS) is 23.6. The smallest absolute Gasteiger partial charge is 0.323 e. The second-order valence-electron chi connectivity index (χ2n) is 4.31. The summed E-state index contributed by atoms with van der Waals surface area (Å²) in [6.07, 6.45) is 0.532. The van der Waals surface area contributed by atoms with Gasteiger partial charge in [-0.2, -0.15) is 0 Å². The van der Waals surface area contributed by atoms with Crippen molar-refractivity contribution < 1.29 is 13.9 Å². The fraction of sp³-hybridized carbons (Fsp3) is 0.462. The van der Waals surface area contributed by atoms with Gasteiger partial charge < -0.3 is 10.1 Å². The van der Waals surface area contributed by atoms with Crippen molar-refractivity contribution in [2.45, 2.75) is 19.1 Å². The van der Waals surface area contributed by atoms with Gasteiger partial charge in [-0.25, -0.2) is 0 Å². The number of carbonyl (C=O) groups excluding carboxylic acids is 1. The lowest BCUT2D eigenvalue weighted by molar-refractivity contribution is -0.147. The number of nitrogens with one attached hydrogen (secondary N) is 1. The summed E-state index contributed by atoms with van der Waals surface area (Å²) in [5, 5.41) is 2.98. The SMILES string of the molecule is O=C(OCc1ccccc1)[C@@H]1C[C@H](CF)CN1. The van der Waals surface area contributed by atoms with E-state index >= 15 is 0 Å². The Balaban J connectivity index is 1.78. The van der Waals surface area contributed by atoms with Crippen molar-refractivity contribution in [3.05, 3.63) is 35.9 Å². The summed E-state index contributed by atoms with van der Waals surface area (Å²) >= 11 is 0. The molecule has 0 saturated carbocycles. The van der Waals surface area contributed by atoms with Crippen LogP contribution in [0.5, 0.6) is 0 Å². The van der Waals surface area contributed by atoms with Gasteiger partial charge in [-0.05, 0) is 12.0 Å². The number of rotatable bonds is 4. The third-order valence-corrected chi connectivity index (χ3v) is 2.95. The Morgan fingerprint density at radius 3 is 2.82 bits per heavy atom. The fourth-order valence-electron chi connectivity index (χ4n) is 1.94. The van der Waals surface area contributed by atoms with Gasteiger partial charge >= 0.3 is 5.97 Å². The molecule has 1 N–H and O–H groups in total. The maximum atomic E-state index is 12.4. The van der Waals surface area contributed by atoms with Crippen LogP contribution in [-0.4, -0.2) is 25.2 Å². The lowest BCUT2D eigenvalue weighted by Crippen LogP contribution is -2.32. The van der Waals surface area contributed by atoms with Gasteiger partial charge in [-0.15, -0.1) is 0 Å². The molecule has 0 bridgehead atoms. The van der Waals surface area contributed by atoms with Crippen molar-refractivity contribution in [2.24, 2.45) is 5.92 Å². The quantitative estimate of drug-likeness (QED) is 0.810. The van der Waals surface area contributed by atoms with E-state index < -0.39 is 0 Å². The molecule has 1 aromatic rings. The average Bonchev–Trinajstić information content (AvgIpc) is 2.86. The number of ether oxygens (including phenoxy) is 1. The molecule has 92 valence electrons.